The second-order valence-electron chi connectivity index (χ2n) is 6.00. The maximum absolute atomic E-state index is 12.4. The zero-order valence-electron chi connectivity index (χ0n) is 14.7. The fourth-order valence-corrected chi connectivity index (χ4v) is 2.55. The van der Waals surface area contributed by atoms with Gasteiger partial charge in [0.15, 0.2) is 0 Å². The van der Waals surface area contributed by atoms with Crippen molar-refractivity contribution >= 4 is 23.8 Å². The Morgan fingerprint density at radius 2 is 1.80 bits per heavy atom. The lowest BCUT2D eigenvalue weighted by Crippen LogP contribution is -2.42. The third-order valence-electron chi connectivity index (χ3n) is 3.92. The van der Waals surface area contributed by atoms with Crippen LogP contribution in [0.3, 0.4) is 0 Å². The Bertz CT molecular complexity index is 716. The number of nitrogens with zero attached hydrogens (tertiary/aromatic N) is 3. The molecule has 1 aliphatic rings. The summed E-state index contributed by atoms with van der Waals surface area (Å²) in [6.45, 7) is 3.03. The van der Waals surface area contributed by atoms with Gasteiger partial charge < -0.3 is 9.64 Å². The average Bonchev–Trinajstić information content (AvgIpc) is 2.78. The second kappa shape index (κ2) is 7.33. The number of hydrogen-bond donors (Lipinski definition) is 0. The van der Waals surface area contributed by atoms with Crippen LogP contribution in [0.25, 0.3) is 0 Å². The van der Waals surface area contributed by atoms with Gasteiger partial charge in [0.05, 0.1) is 7.11 Å². The number of rotatable bonds is 6. The molecule has 1 saturated heterocycles. The normalized spacial score (nSPS) is 14.5. The van der Waals surface area contributed by atoms with E-state index in [1.54, 1.807) is 27.0 Å². The molecule has 0 atom stereocenters. The van der Waals surface area contributed by atoms with Crippen LogP contribution >= 0.6 is 0 Å². The summed E-state index contributed by atoms with van der Waals surface area (Å²) in [7, 11) is 3.09. The molecule has 1 aliphatic heterocycles. The average molecular weight is 347 g/mol. The number of ether oxygens (including phenoxy) is 1. The Morgan fingerprint density at radius 3 is 2.36 bits per heavy atom. The SMILES string of the molecule is COc1ccccc1CN(C)C(=O)CN1C(=O)C(=O)N(C(C)C)C1=O. The summed E-state index contributed by atoms with van der Waals surface area (Å²) in [6, 6.07) is 6.03. The summed E-state index contributed by atoms with van der Waals surface area (Å²) in [6.07, 6.45) is 0. The van der Waals surface area contributed by atoms with Crippen molar-refractivity contribution in [3.8, 4) is 5.75 Å². The molecule has 1 aromatic rings. The Balaban J connectivity index is 2.07. The number of amides is 5. The van der Waals surface area contributed by atoms with E-state index >= 15 is 0 Å². The highest BCUT2D eigenvalue weighted by atomic mass is 16.5. The van der Waals surface area contributed by atoms with E-state index in [1.165, 1.54) is 12.0 Å². The molecule has 1 aromatic carbocycles. The van der Waals surface area contributed by atoms with Crippen LogP contribution in [0.2, 0.25) is 0 Å². The van der Waals surface area contributed by atoms with E-state index in [1.807, 2.05) is 18.2 Å². The lowest BCUT2D eigenvalue weighted by atomic mass is 10.2. The van der Waals surface area contributed by atoms with E-state index in [0.717, 1.165) is 10.5 Å². The molecular formula is C17H21N3O5. The van der Waals surface area contributed by atoms with Crippen LogP contribution in [0, 0.1) is 0 Å². The number of carbonyl (C=O) groups is 4. The van der Waals surface area contributed by atoms with Gasteiger partial charge in [-0.25, -0.2) is 9.69 Å². The number of carbonyl (C=O) groups excluding carboxylic acids is 4. The number of urea groups is 1. The molecule has 8 nitrogen and oxygen atoms in total. The summed E-state index contributed by atoms with van der Waals surface area (Å²) in [5, 5.41) is 0. The Labute approximate surface area is 145 Å². The van der Waals surface area contributed by atoms with Crippen LogP contribution in [-0.2, 0) is 20.9 Å². The quantitative estimate of drug-likeness (QED) is 0.562. The topological polar surface area (TPSA) is 87.2 Å². The molecule has 0 bridgehead atoms. The van der Waals surface area contributed by atoms with Gasteiger partial charge in [-0.1, -0.05) is 18.2 Å². The summed E-state index contributed by atoms with van der Waals surface area (Å²) < 4.78 is 5.24. The number of para-hydroxylation sites is 1. The maximum Gasteiger partial charge on any atom is 0.334 e. The Kier molecular flexibility index (Phi) is 5.41. The van der Waals surface area contributed by atoms with Crippen LogP contribution in [0.1, 0.15) is 19.4 Å². The van der Waals surface area contributed by atoms with Crippen molar-refractivity contribution in [3.63, 3.8) is 0 Å². The van der Waals surface area contributed by atoms with Crippen LogP contribution in [0.4, 0.5) is 4.79 Å². The maximum atomic E-state index is 12.4. The molecule has 0 N–H and O–H groups in total. The highest BCUT2D eigenvalue weighted by molar-refractivity contribution is 6.45. The van der Waals surface area contributed by atoms with Crippen molar-refractivity contribution in [2.75, 3.05) is 20.7 Å². The monoisotopic (exact) mass is 347 g/mol. The van der Waals surface area contributed by atoms with Gasteiger partial charge in [0.25, 0.3) is 0 Å². The first-order valence-electron chi connectivity index (χ1n) is 7.82. The Hall–Kier alpha value is -2.90. The van der Waals surface area contributed by atoms with E-state index in [0.29, 0.717) is 10.6 Å². The summed E-state index contributed by atoms with van der Waals surface area (Å²) in [4.78, 5) is 51.3. The molecule has 8 heteroatoms. The minimum atomic E-state index is -0.974. The molecule has 2 rings (SSSR count). The van der Waals surface area contributed by atoms with E-state index in [2.05, 4.69) is 0 Å². The van der Waals surface area contributed by atoms with Crippen LogP contribution in [-0.4, -0.2) is 65.2 Å². The number of benzene rings is 1. The molecule has 5 amide bonds. The first-order valence-corrected chi connectivity index (χ1v) is 7.82. The molecule has 1 heterocycles. The minimum absolute atomic E-state index is 0.251. The number of imide groups is 2. The summed E-state index contributed by atoms with van der Waals surface area (Å²) in [5.41, 5.74) is 0.791. The number of hydrogen-bond acceptors (Lipinski definition) is 5. The molecular weight excluding hydrogens is 326 g/mol. The highest BCUT2D eigenvalue weighted by Crippen LogP contribution is 2.19. The fraction of sp³-hybridized carbons (Fsp3) is 0.412. The summed E-state index contributed by atoms with van der Waals surface area (Å²) >= 11 is 0. The Morgan fingerprint density at radius 1 is 1.16 bits per heavy atom. The molecule has 0 saturated carbocycles. The molecule has 1 fully saturated rings. The van der Waals surface area contributed by atoms with Crippen molar-refractivity contribution in [1.82, 2.24) is 14.7 Å². The highest BCUT2D eigenvalue weighted by Gasteiger charge is 2.46. The third-order valence-corrected chi connectivity index (χ3v) is 3.92. The first-order chi connectivity index (χ1) is 11.8. The molecule has 0 radical (unpaired) electrons. The predicted octanol–water partition coefficient (Wildman–Crippen LogP) is 0.853. The largest absolute Gasteiger partial charge is 0.496 e. The smallest absolute Gasteiger partial charge is 0.334 e. The lowest BCUT2D eigenvalue weighted by Gasteiger charge is -2.22. The molecule has 0 unspecified atom stereocenters. The number of likely N-dealkylation sites (N-methyl/N-ethyl adjacent to an activating group) is 1. The second-order valence-corrected chi connectivity index (χ2v) is 6.00. The van der Waals surface area contributed by atoms with Crippen molar-refractivity contribution in [1.29, 1.82) is 0 Å². The van der Waals surface area contributed by atoms with Crippen molar-refractivity contribution in [2.24, 2.45) is 0 Å². The van der Waals surface area contributed by atoms with Gasteiger partial charge in [0, 0.05) is 25.2 Å². The molecule has 25 heavy (non-hydrogen) atoms. The van der Waals surface area contributed by atoms with Crippen LogP contribution in [0.5, 0.6) is 5.75 Å². The molecule has 0 aliphatic carbocycles. The molecule has 134 valence electrons. The van der Waals surface area contributed by atoms with Crippen molar-refractivity contribution in [3.05, 3.63) is 29.8 Å². The minimum Gasteiger partial charge on any atom is -0.496 e. The standard InChI is InChI=1S/C17H21N3O5/c1-11(2)20-16(23)15(22)19(17(20)24)10-14(21)18(3)9-12-7-5-6-8-13(12)25-4/h5-8,11H,9-10H2,1-4H3. The van der Waals surface area contributed by atoms with E-state index in [-0.39, 0.29) is 6.54 Å². The van der Waals surface area contributed by atoms with E-state index < -0.39 is 36.3 Å². The molecule has 0 spiro atoms. The zero-order chi connectivity index (χ0) is 18.7. The number of methoxy groups -OCH3 is 1. The van der Waals surface area contributed by atoms with Crippen LogP contribution in [0.15, 0.2) is 24.3 Å². The van der Waals surface area contributed by atoms with Gasteiger partial charge in [0.1, 0.15) is 12.3 Å². The fourth-order valence-electron chi connectivity index (χ4n) is 2.55. The van der Waals surface area contributed by atoms with Gasteiger partial charge in [0.2, 0.25) is 5.91 Å². The van der Waals surface area contributed by atoms with Gasteiger partial charge >= 0.3 is 17.8 Å². The molecule has 0 aromatic heterocycles. The van der Waals surface area contributed by atoms with Crippen LogP contribution < -0.4 is 4.74 Å². The third kappa shape index (κ3) is 3.62. The first kappa shape index (κ1) is 18.4. The summed E-state index contributed by atoms with van der Waals surface area (Å²) in [5.74, 6) is -1.69. The van der Waals surface area contributed by atoms with Gasteiger partial charge in [-0.05, 0) is 19.9 Å². The van der Waals surface area contributed by atoms with Gasteiger partial charge in [-0.2, -0.15) is 0 Å². The van der Waals surface area contributed by atoms with Gasteiger partial charge in [-0.3, -0.25) is 19.3 Å². The van der Waals surface area contributed by atoms with E-state index in [9.17, 15) is 19.2 Å². The van der Waals surface area contributed by atoms with Gasteiger partial charge in [-0.15, -0.1) is 0 Å². The van der Waals surface area contributed by atoms with Crippen molar-refractivity contribution < 1.29 is 23.9 Å². The van der Waals surface area contributed by atoms with E-state index in [4.69, 9.17) is 4.74 Å². The predicted molar refractivity (Wildman–Crippen MR) is 88.6 cm³/mol. The van der Waals surface area contributed by atoms with Crippen molar-refractivity contribution in [2.45, 2.75) is 26.4 Å². The lowest BCUT2D eigenvalue weighted by molar-refractivity contribution is -0.145. The zero-order valence-corrected chi connectivity index (χ0v) is 14.7.